The van der Waals surface area contributed by atoms with Crippen molar-refractivity contribution in [3.63, 3.8) is 0 Å². The fraction of sp³-hybridized carbons (Fsp3) is 0.421. The first kappa shape index (κ1) is 15.3. The standard InChI is InChI=1S/C19H23N3O2/c1-13-10-14-4-2-3-5-17(14)22(13)12-15-7-9-24-18(15)19(23)21-16-6-8-20-11-16/h2-5,7,9,13,16,20H,6,8,10-12H2,1H3,(H,21,23)/t13-,16+/m0/s1. The van der Waals surface area contributed by atoms with Crippen LogP contribution in [0.15, 0.2) is 41.0 Å². The Morgan fingerprint density at radius 1 is 1.38 bits per heavy atom. The third-order valence-corrected chi connectivity index (χ3v) is 5.04. The number of hydrogen-bond donors (Lipinski definition) is 2. The summed E-state index contributed by atoms with van der Waals surface area (Å²) in [5.41, 5.74) is 3.58. The molecule has 5 heteroatoms. The number of amides is 1. The minimum absolute atomic E-state index is 0.108. The Morgan fingerprint density at radius 3 is 3.08 bits per heavy atom. The van der Waals surface area contributed by atoms with Gasteiger partial charge in [0.05, 0.1) is 6.26 Å². The van der Waals surface area contributed by atoms with Crippen LogP contribution < -0.4 is 15.5 Å². The molecule has 1 saturated heterocycles. The minimum Gasteiger partial charge on any atom is -0.459 e. The zero-order valence-corrected chi connectivity index (χ0v) is 13.9. The maximum Gasteiger partial charge on any atom is 0.287 e. The third kappa shape index (κ3) is 2.80. The van der Waals surface area contributed by atoms with Crippen LogP contribution in [0.5, 0.6) is 0 Å². The largest absolute Gasteiger partial charge is 0.459 e. The number of furan rings is 1. The first-order chi connectivity index (χ1) is 11.7. The summed E-state index contributed by atoms with van der Waals surface area (Å²) < 4.78 is 5.51. The lowest BCUT2D eigenvalue weighted by molar-refractivity contribution is 0.0910. The van der Waals surface area contributed by atoms with Gasteiger partial charge in [-0.3, -0.25) is 4.79 Å². The molecule has 0 spiro atoms. The number of fused-ring (bicyclic) bond motifs is 1. The number of rotatable bonds is 4. The Kier molecular flexibility index (Phi) is 4.02. The second-order valence-corrected chi connectivity index (χ2v) is 6.75. The number of anilines is 1. The molecule has 3 heterocycles. The van der Waals surface area contributed by atoms with Crippen molar-refractivity contribution in [3.8, 4) is 0 Å². The second-order valence-electron chi connectivity index (χ2n) is 6.75. The van der Waals surface area contributed by atoms with E-state index in [9.17, 15) is 4.79 Å². The average molecular weight is 325 g/mol. The fourth-order valence-corrected chi connectivity index (χ4v) is 3.74. The van der Waals surface area contributed by atoms with Crippen molar-refractivity contribution in [3.05, 3.63) is 53.5 Å². The monoisotopic (exact) mass is 325 g/mol. The molecule has 2 aliphatic rings. The number of nitrogens with one attached hydrogen (secondary N) is 2. The predicted octanol–water partition coefficient (Wildman–Crippen LogP) is 2.32. The van der Waals surface area contributed by atoms with Gasteiger partial charge in [0.25, 0.3) is 5.91 Å². The first-order valence-electron chi connectivity index (χ1n) is 8.65. The molecular formula is C19H23N3O2. The molecule has 0 unspecified atom stereocenters. The molecule has 0 bridgehead atoms. The summed E-state index contributed by atoms with van der Waals surface area (Å²) in [4.78, 5) is 14.9. The highest BCUT2D eigenvalue weighted by atomic mass is 16.3. The van der Waals surface area contributed by atoms with Gasteiger partial charge < -0.3 is 20.0 Å². The van der Waals surface area contributed by atoms with Gasteiger partial charge in [-0.2, -0.15) is 0 Å². The summed E-state index contributed by atoms with van der Waals surface area (Å²) in [6.45, 7) is 4.71. The molecule has 24 heavy (non-hydrogen) atoms. The van der Waals surface area contributed by atoms with Crippen LogP contribution >= 0.6 is 0 Å². The Bertz CT molecular complexity index is 734. The SMILES string of the molecule is C[C@H]1Cc2ccccc2N1Cc1ccoc1C(=O)N[C@@H]1CCNC1. The van der Waals surface area contributed by atoms with Gasteiger partial charge in [-0.1, -0.05) is 18.2 Å². The van der Waals surface area contributed by atoms with E-state index in [1.54, 1.807) is 6.26 Å². The summed E-state index contributed by atoms with van der Waals surface area (Å²) in [5, 5.41) is 6.32. The zero-order chi connectivity index (χ0) is 16.5. The van der Waals surface area contributed by atoms with Crippen LogP contribution in [0.25, 0.3) is 0 Å². The van der Waals surface area contributed by atoms with E-state index >= 15 is 0 Å². The molecule has 4 rings (SSSR count). The molecule has 0 saturated carbocycles. The summed E-state index contributed by atoms with van der Waals surface area (Å²) >= 11 is 0. The minimum atomic E-state index is -0.108. The number of para-hydroxylation sites is 1. The van der Waals surface area contributed by atoms with Crippen molar-refractivity contribution in [2.24, 2.45) is 0 Å². The number of carbonyl (C=O) groups is 1. The summed E-state index contributed by atoms with van der Waals surface area (Å²) in [5.74, 6) is 0.335. The molecule has 1 fully saturated rings. The Labute approximate surface area is 142 Å². The lowest BCUT2D eigenvalue weighted by Crippen LogP contribution is -2.37. The lowest BCUT2D eigenvalue weighted by atomic mass is 10.1. The topological polar surface area (TPSA) is 57.5 Å². The number of benzene rings is 1. The Balaban J connectivity index is 1.52. The summed E-state index contributed by atoms with van der Waals surface area (Å²) in [6, 6.07) is 11.0. The highest BCUT2D eigenvalue weighted by Crippen LogP contribution is 2.33. The van der Waals surface area contributed by atoms with E-state index < -0.39 is 0 Å². The second kappa shape index (κ2) is 6.32. The molecule has 1 aromatic heterocycles. The molecule has 0 radical (unpaired) electrons. The molecule has 1 amide bonds. The van der Waals surface area contributed by atoms with Crippen molar-refractivity contribution in [1.82, 2.24) is 10.6 Å². The molecule has 126 valence electrons. The molecule has 2 aromatic rings. The lowest BCUT2D eigenvalue weighted by Gasteiger charge is -2.24. The highest BCUT2D eigenvalue weighted by Gasteiger charge is 2.28. The Hall–Kier alpha value is -2.27. The fourth-order valence-electron chi connectivity index (χ4n) is 3.74. The number of nitrogens with zero attached hydrogens (tertiary/aromatic N) is 1. The molecule has 2 atom stereocenters. The maximum absolute atomic E-state index is 12.5. The van der Waals surface area contributed by atoms with E-state index in [0.717, 1.165) is 31.5 Å². The summed E-state index contributed by atoms with van der Waals surface area (Å²) in [7, 11) is 0. The van der Waals surface area contributed by atoms with Crippen molar-refractivity contribution in [2.75, 3.05) is 18.0 Å². The first-order valence-corrected chi connectivity index (χ1v) is 8.65. The van der Waals surface area contributed by atoms with E-state index in [1.807, 2.05) is 6.07 Å². The van der Waals surface area contributed by atoms with Crippen LogP contribution in [0, 0.1) is 0 Å². The van der Waals surface area contributed by atoms with Crippen molar-refractivity contribution in [1.29, 1.82) is 0 Å². The predicted molar refractivity (Wildman–Crippen MR) is 93.2 cm³/mol. The molecule has 0 aliphatic carbocycles. The van der Waals surface area contributed by atoms with Crippen LogP contribution in [0.4, 0.5) is 5.69 Å². The quantitative estimate of drug-likeness (QED) is 0.906. The molecule has 5 nitrogen and oxygen atoms in total. The van der Waals surface area contributed by atoms with Crippen LogP contribution in [0.3, 0.4) is 0 Å². The van der Waals surface area contributed by atoms with Crippen LogP contribution in [-0.4, -0.2) is 31.1 Å². The normalized spacial score (nSPS) is 22.6. The van der Waals surface area contributed by atoms with Gasteiger partial charge in [0.2, 0.25) is 0 Å². The van der Waals surface area contributed by atoms with Gasteiger partial charge in [-0.05, 0) is 44.0 Å². The van der Waals surface area contributed by atoms with Gasteiger partial charge in [-0.15, -0.1) is 0 Å². The number of carbonyl (C=O) groups excluding carboxylic acids is 1. The van der Waals surface area contributed by atoms with Crippen LogP contribution in [0.2, 0.25) is 0 Å². The molecule has 2 N–H and O–H groups in total. The van der Waals surface area contributed by atoms with Crippen LogP contribution in [-0.2, 0) is 13.0 Å². The zero-order valence-electron chi connectivity index (χ0n) is 13.9. The highest BCUT2D eigenvalue weighted by molar-refractivity contribution is 5.93. The molecule has 1 aromatic carbocycles. The van der Waals surface area contributed by atoms with Gasteiger partial charge >= 0.3 is 0 Å². The molecular weight excluding hydrogens is 302 g/mol. The van der Waals surface area contributed by atoms with E-state index in [0.29, 0.717) is 18.3 Å². The van der Waals surface area contributed by atoms with E-state index in [4.69, 9.17) is 4.42 Å². The number of hydrogen-bond acceptors (Lipinski definition) is 4. The van der Waals surface area contributed by atoms with Gasteiger partial charge in [0.15, 0.2) is 5.76 Å². The van der Waals surface area contributed by atoms with Crippen molar-refractivity contribution >= 4 is 11.6 Å². The van der Waals surface area contributed by atoms with E-state index in [-0.39, 0.29) is 11.9 Å². The smallest absolute Gasteiger partial charge is 0.287 e. The average Bonchev–Trinajstić information content (AvgIpc) is 3.29. The third-order valence-electron chi connectivity index (χ3n) is 5.04. The Morgan fingerprint density at radius 2 is 2.25 bits per heavy atom. The van der Waals surface area contributed by atoms with Crippen molar-refractivity contribution in [2.45, 2.75) is 38.4 Å². The van der Waals surface area contributed by atoms with Crippen LogP contribution in [0.1, 0.15) is 35.0 Å². The van der Waals surface area contributed by atoms with Gasteiger partial charge in [-0.25, -0.2) is 0 Å². The maximum atomic E-state index is 12.5. The van der Waals surface area contributed by atoms with Gasteiger partial charge in [0.1, 0.15) is 0 Å². The van der Waals surface area contributed by atoms with E-state index in [2.05, 4.69) is 46.7 Å². The van der Waals surface area contributed by atoms with E-state index in [1.165, 1.54) is 11.3 Å². The van der Waals surface area contributed by atoms with Gasteiger partial charge in [0, 0.05) is 36.4 Å². The molecule has 2 aliphatic heterocycles. The summed E-state index contributed by atoms with van der Waals surface area (Å²) in [6.07, 6.45) is 3.63. The van der Waals surface area contributed by atoms with Crippen molar-refractivity contribution < 1.29 is 9.21 Å².